The minimum Gasteiger partial charge on any atom is -0.460 e. The van der Waals surface area contributed by atoms with Gasteiger partial charge in [-0.1, -0.05) is 49.1 Å². The van der Waals surface area contributed by atoms with Gasteiger partial charge in [0.25, 0.3) is 0 Å². The highest BCUT2D eigenvalue weighted by Gasteiger charge is 2.25. The second-order valence-electron chi connectivity index (χ2n) is 4.57. The van der Waals surface area contributed by atoms with Crippen molar-refractivity contribution in [2.75, 3.05) is 6.61 Å². The van der Waals surface area contributed by atoms with E-state index in [1.54, 1.807) is 12.1 Å². The second kappa shape index (κ2) is 8.75. The molecule has 0 fully saturated rings. The van der Waals surface area contributed by atoms with Gasteiger partial charge in [0.15, 0.2) is 6.04 Å². The zero-order valence-corrected chi connectivity index (χ0v) is 13.3. The van der Waals surface area contributed by atoms with Crippen molar-refractivity contribution in [1.82, 2.24) is 5.32 Å². The normalized spacial score (nSPS) is 11.3. The first-order valence-corrected chi connectivity index (χ1v) is 7.87. The van der Waals surface area contributed by atoms with Crippen LogP contribution in [0.15, 0.2) is 60.5 Å². The summed E-state index contributed by atoms with van der Waals surface area (Å²) in [5.74, 6) is -0.552. The number of carbonyl (C=O) groups is 2. The van der Waals surface area contributed by atoms with Crippen molar-refractivity contribution in [3.63, 3.8) is 0 Å². The lowest BCUT2D eigenvalue weighted by atomic mass is 10.2. The Morgan fingerprint density at radius 2 is 1.96 bits per heavy atom. The van der Waals surface area contributed by atoms with Crippen molar-refractivity contribution in [1.29, 1.82) is 0 Å². The quantitative estimate of drug-likeness (QED) is 0.623. The predicted molar refractivity (Wildman–Crippen MR) is 88.0 cm³/mol. The minimum atomic E-state index is -0.891. The molecule has 0 aliphatic heterocycles. The number of esters is 1. The highest BCUT2D eigenvalue weighted by atomic mass is 32.1. The molecule has 2 rings (SSSR count). The molecule has 1 aromatic heterocycles. The van der Waals surface area contributed by atoms with E-state index in [4.69, 9.17) is 9.47 Å². The number of amides is 1. The average Bonchev–Trinajstić information content (AvgIpc) is 3.11. The first kappa shape index (κ1) is 16.8. The van der Waals surface area contributed by atoms with Gasteiger partial charge in [0.2, 0.25) is 0 Å². The summed E-state index contributed by atoms with van der Waals surface area (Å²) in [6, 6.07) is 12.0. The van der Waals surface area contributed by atoms with Crippen molar-refractivity contribution in [3.8, 4) is 0 Å². The molecule has 1 aromatic carbocycles. The Kier molecular flexibility index (Phi) is 6.38. The Morgan fingerprint density at radius 3 is 2.61 bits per heavy atom. The lowest BCUT2D eigenvalue weighted by Crippen LogP contribution is -2.34. The van der Waals surface area contributed by atoms with Gasteiger partial charge >= 0.3 is 12.1 Å². The van der Waals surface area contributed by atoms with Gasteiger partial charge in [-0.3, -0.25) is 0 Å². The number of nitrogens with one attached hydrogen (secondary N) is 1. The van der Waals surface area contributed by atoms with Crippen LogP contribution in [0.3, 0.4) is 0 Å². The first-order chi connectivity index (χ1) is 11.2. The standard InChI is InChI=1S/C17H17NO4S/c1-2-10-21-16(19)15(14-9-6-11-23-14)18-17(20)22-12-13-7-4-3-5-8-13/h2-9,11,15H,1,10,12H2,(H,18,20)/t15-/m1/s1. The van der Waals surface area contributed by atoms with Crippen LogP contribution >= 0.6 is 11.3 Å². The molecule has 0 saturated heterocycles. The van der Waals surface area contributed by atoms with Gasteiger partial charge in [-0.05, 0) is 17.0 Å². The third kappa shape index (κ3) is 5.27. The molecule has 5 nitrogen and oxygen atoms in total. The summed E-state index contributed by atoms with van der Waals surface area (Å²) in [6.07, 6.45) is 0.791. The zero-order valence-electron chi connectivity index (χ0n) is 12.4. The first-order valence-electron chi connectivity index (χ1n) is 6.99. The third-order valence-corrected chi connectivity index (χ3v) is 3.82. The Hall–Kier alpha value is -2.60. The highest BCUT2D eigenvalue weighted by molar-refractivity contribution is 7.10. The molecule has 23 heavy (non-hydrogen) atoms. The maximum atomic E-state index is 12.1. The zero-order chi connectivity index (χ0) is 16.5. The Labute approximate surface area is 138 Å². The van der Waals surface area contributed by atoms with Crippen LogP contribution in [0.5, 0.6) is 0 Å². The van der Waals surface area contributed by atoms with Crippen molar-refractivity contribution in [2.45, 2.75) is 12.6 Å². The summed E-state index contributed by atoms with van der Waals surface area (Å²) in [4.78, 5) is 24.7. The molecule has 1 amide bonds. The van der Waals surface area contributed by atoms with E-state index in [9.17, 15) is 9.59 Å². The Morgan fingerprint density at radius 1 is 1.17 bits per heavy atom. The van der Waals surface area contributed by atoms with Crippen LogP contribution in [0.1, 0.15) is 16.5 Å². The van der Waals surface area contributed by atoms with Gasteiger partial charge in [-0.2, -0.15) is 0 Å². The van der Waals surface area contributed by atoms with Gasteiger partial charge in [-0.25, -0.2) is 9.59 Å². The van der Waals surface area contributed by atoms with E-state index in [0.29, 0.717) is 4.88 Å². The molecule has 0 radical (unpaired) electrons. The Bertz CT molecular complexity index is 640. The van der Waals surface area contributed by atoms with Crippen molar-refractivity contribution in [2.24, 2.45) is 0 Å². The smallest absolute Gasteiger partial charge is 0.408 e. The summed E-state index contributed by atoms with van der Waals surface area (Å²) in [5, 5.41) is 4.36. The topological polar surface area (TPSA) is 64.6 Å². The van der Waals surface area contributed by atoms with Crippen molar-refractivity contribution in [3.05, 3.63) is 70.9 Å². The molecule has 0 spiro atoms. The van der Waals surface area contributed by atoms with Gasteiger partial charge < -0.3 is 14.8 Å². The minimum absolute atomic E-state index is 0.0848. The molecule has 0 unspecified atom stereocenters. The van der Waals surface area contributed by atoms with Crippen LogP contribution < -0.4 is 5.32 Å². The summed E-state index contributed by atoms with van der Waals surface area (Å²) in [5.41, 5.74) is 0.865. The van der Waals surface area contributed by atoms with Crippen LogP contribution in [0.25, 0.3) is 0 Å². The van der Waals surface area contributed by atoms with E-state index >= 15 is 0 Å². The molecule has 0 aliphatic rings. The summed E-state index contributed by atoms with van der Waals surface area (Å²) in [7, 11) is 0. The number of benzene rings is 1. The number of thiophene rings is 1. The fourth-order valence-electron chi connectivity index (χ4n) is 1.81. The van der Waals surface area contributed by atoms with E-state index in [1.165, 1.54) is 17.4 Å². The van der Waals surface area contributed by atoms with Gasteiger partial charge in [0.05, 0.1) is 0 Å². The predicted octanol–water partition coefficient (Wildman–Crippen LogP) is 3.44. The highest BCUT2D eigenvalue weighted by Crippen LogP contribution is 2.20. The largest absolute Gasteiger partial charge is 0.460 e. The van der Waals surface area contributed by atoms with Gasteiger partial charge in [0.1, 0.15) is 13.2 Å². The summed E-state index contributed by atoms with van der Waals surface area (Å²) >= 11 is 1.35. The number of alkyl carbamates (subject to hydrolysis) is 1. The molecule has 120 valence electrons. The molecule has 6 heteroatoms. The monoisotopic (exact) mass is 331 g/mol. The van der Waals surface area contributed by atoms with Gasteiger partial charge in [0, 0.05) is 4.88 Å². The maximum absolute atomic E-state index is 12.1. The number of hydrogen-bond acceptors (Lipinski definition) is 5. The average molecular weight is 331 g/mol. The maximum Gasteiger partial charge on any atom is 0.408 e. The van der Waals surface area contributed by atoms with Crippen molar-refractivity contribution >= 4 is 23.4 Å². The van der Waals surface area contributed by atoms with E-state index in [-0.39, 0.29) is 13.2 Å². The molecule has 0 bridgehead atoms. The van der Waals surface area contributed by atoms with Crippen LogP contribution in [-0.4, -0.2) is 18.7 Å². The molecule has 0 saturated carbocycles. The van der Waals surface area contributed by atoms with E-state index < -0.39 is 18.1 Å². The van der Waals surface area contributed by atoms with E-state index in [0.717, 1.165) is 5.56 Å². The number of hydrogen-bond donors (Lipinski definition) is 1. The van der Waals surface area contributed by atoms with Crippen LogP contribution in [0.2, 0.25) is 0 Å². The third-order valence-electron chi connectivity index (χ3n) is 2.88. The Balaban J connectivity index is 1.95. The molecule has 1 heterocycles. The van der Waals surface area contributed by atoms with Gasteiger partial charge in [-0.15, -0.1) is 11.3 Å². The molecule has 2 aromatic rings. The SMILES string of the molecule is C=CCOC(=O)[C@H](NC(=O)OCc1ccccc1)c1cccs1. The fourth-order valence-corrected chi connectivity index (χ4v) is 2.57. The number of rotatable bonds is 7. The number of carbonyl (C=O) groups excluding carboxylic acids is 2. The lowest BCUT2D eigenvalue weighted by molar-refractivity contribution is -0.144. The van der Waals surface area contributed by atoms with Crippen LogP contribution in [0.4, 0.5) is 4.79 Å². The van der Waals surface area contributed by atoms with Crippen LogP contribution in [0, 0.1) is 0 Å². The lowest BCUT2D eigenvalue weighted by Gasteiger charge is -2.16. The summed E-state index contributed by atoms with van der Waals surface area (Å²) < 4.78 is 10.2. The fraction of sp³-hybridized carbons (Fsp3) is 0.176. The molecule has 1 N–H and O–H groups in total. The molecule has 1 atom stereocenters. The second-order valence-corrected chi connectivity index (χ2v) is 5.55. The van der Waals surface area contributed by atoms with Crippen molar-refractivity contribution < 1.29 is 19.1 Å². The van der Waals surface area contributed by atoms with Crippen LogP contribution in [-0.2, 0) is 20.9 Å². The molecular weight excluding hydrogens is 314 g/mol. The summed E-state index contributed by atoms with van der Waals surface area (Å²) in [6.45, 7) is 3.71. The molecule has 0 aliphatic carbocycles. The molecular formula is C17H17NO4S. The van der Waals surface area contributed by atoms with E-state index in [2.05, 4.69) is 11.9 Å². The number of ether oxygens (including phenoxy) is 2. The van der Waals surface area contributed by atoms with E-state index in [1.807, 2.05) is 35.7 Å².